The number of carbonyl (C=O) groups is 1. The average molecular weight is 304 g/mol. The summed E-state index contributed by atoms with van der Waals surface area (Å²) < 4.78 is 15.7. The number of nitrogens with zero attached hydrogens (tertiary/aromatic N) is 1. The maximum atomic E-state index is 14.0. The van der Waals surface area contributed by atoms with Crippen LogP contribution in [0.25, 0.3) is 10.9 Å². The average Bonchev–Trinajstić information content (AvgIpc) is 2.83. The molecule has 0 atom stereocenters. The van der Waals surface area contributed by atoms with Crippen LogP contribution in [0.2, 0.25) is 5.02 Å². The number of hydrogen-bond donors (Lipinski definition) is 1. The van der Waals surface area contributed by atoms with Gasteiger partial charge in [-0.05, 0) is 12.1 Å². The Bertz CT molecular complexity index is 841. The van der Waals surface area contributed by atoms with Crippen molar-refractivity contribution in [1.29, 1.82) is 0 Å². The summed E-state index contributed by atoms with van der Waals surface area (Å²) in [6, 6.07) is 11.9. The fourth-order valence-corrected chi connectivity index (χ4v) is 2.60. The molecule has 0 bridgehead atoms. The highest BCUT2D eigenvalue weighted by molar-refractivity contribution is 6.30. The Balaban J connectivity index is 2.13. The smallest absolute Gasteiger partial charge is 0.337 e. The molecule has 0 radical (unpaired) electrons. The van der Waals surface area contributed by atoms with E-state index in [9.17, 15) is 14.3 Å². The molecule has 21 heavy (non-hydrogen) atoms. The molecular weight excluding hydrogens is 293 g/mol. The van der Waals surface area contributed by atoms with Gasteiger partial charge in [-0.15, -0.1) is 0 Å². The first kappa shape index (κ1) is 13.6. The third-order valence-corrected chi connectivity index (χ3v) is 3.68. The van der Waals surface area contributed by atoms with Crippen LogP contribution in [0.1, 0.15) is 15.9 Å². The molecule has 106 valence electrons. The first-order chi connectivity index (χ1) is 10.1. The zero-order chi connectivity index (χ0) is 15.0. The molecule has 0 saturated carbocycles. The summed E-state index contributed by atoms with van der Waals surface area (Å²) in [7, 11) is 0. The van der Waals surface area contributed by atoms with E-state index in [0.717, 1.165) is 5.52 Å². The van der Waals surface area contributed by atoms with E-state index in [4.69, 9.17) is 11.6 Å². The van der Waals surface area contributed by atoms with E-state index in [0.29, 0.717) is 10.9 Å². The molecule has 1 aromatic heterocycles. The van der Waals surface area contributed by atoms with E-state index in [1.165, 1.54) is 12.3 Å². The number of hydrogen-bond acceptors (Lipinski definition) is 1. The van der Waals surface area contributed by atoms with Crippen LogP contribution in [-0.2, 0) is 6.54 Å². The number of para-hydroxylation sites is 1. The minimum Gasteiger partial charge on any atom is -0.478 e. The Morgan fingerprint density at radius 1 is 1.19 bits per heavy atom. The molecule has 3 aromatic rings. The van der Waals surface area contributed by atoms with Crippen molar-refractivity contribution in [3.63, 3.8) is 0 Å². The first-order valence-corrected chi connectivity index (χ1v) is 6.70. The van der Waals surface area contributed by atoms with Gasteiger partial charge in [-0.2, -0.15) is 0 Å². The lowest BCUT2D eigenvalue weighted by atomic mass is 10.2. The number of aromatic nitrogens is 1. The molecule has 0 amide bonds. The second-order valence-corrected chi connectivity index (χ2v) is 5.11. The predicted molar refractivity (Wildman–Crippen MR) is 79.4 cm³/mol. The SMILES string of the molecule is O=C(O)c1cn(Cc2cccc(Cl)c2F)c2ccccc12. The molecular formula is C16H11ClFNO2. The van der Waals surface area contributed by atoms with Crippen molar-refractivity contribution in [3.8, 4) is 0 Å². The predicted octanol–water partition coefficient (Wildman–Crippen LogP) is 4.18. The monoisotopic (exact) mass is 303 g/mol. The van der Waals surface area contributed by atoms with Crippen molar-refractivity contribution < 1.29 is 14.3 Å². The zero-order valence-corrected chi connectivity index (χ0v) is 11.6. The van der Waals surface area contributed by atoms with Crippen molar-refractivity contribution in [1.82, 2.24) is 4.57 Å². The summed E-state index contributed by atoms with van der Waals surface area (Å²) in [5.41, 5.74) is 1.36. The van der Waals surface area contributed by atoms with E-state index in [1.54, 1.807) is 28.8 Å². The van der Waals surface area contributed by atoms with Crippen LogP contribution in [0.5, 0.6) is 0 Å². The van der Waals surface area contributed by atoms with Gasteiger partial charge in [0.25, 0.3) is 0 Å². The summed E-state index contributed by atoms with van der Waals surface area (Å²) in [6.45, 7) is 0.222. The molecule has 3 nitrogen and oxygen atoms in total. The number of benzene rings is 2. The Morgan fingerprint density at radius 3 is 2.71 bits per heavy atom. The lowest BCUT2D eigenvalue weighted by Crippen LogP contribution is -2.01. The second-order valence-electron chi connectivity index (χ2n) is 4.71. The molecule has 0 aliphatic rings. The lowest BCUT2D eigenvalue weighted by Gasteiger charge is -2.07. The number of carboxylic acids is 1. The van der Waals surface area contributed by atoms with Crippen LogP contribution >= 0.6 is 11.6 Å². The van der Waals surface area contributed by atoms with Crippen molar-refractivity contribution in [3.05, 3.63) is 70.6 Å². The van der Waals surface area contributed by atoms with E-state index in [2.05, 4.69) is 0 Å². The van der Waals surface area contributed by atoms with Crippen LogP contribution in [0.3, 0.4) is 0 Å². The molecule has 1 heterocycles. The highest BCUT2D eigenvalue weighted by Crippen LogP contribution is 2.24. The highest BCUT2D eigenvalue weighted by atomic mass is 35.5. The Morgan fingerprint density at radius 2 is 1.95 bits per heavy atom. The second kappa shape index (κ2) is 5.22. The lowest BCUT2D eigenvalue weighted by molar-refractivity contribution is 0.0699. The number of carboxylic acid groups (broad SMARTS) is 1. The van der Waals surface area contributed by atoms with E-state index >= 15 is 0 Å². The third kappa shape index (κ3) is 2.38. The minimum atomic E-state index is -1.00. The highest BCUT2D eigenvalue weighted by Gasteiger charge is 2.15. The molecule has 2 aromatic carbocycles. The van der Waals surface area contributed by atoms with Crippen LogP contribution < -0.4 is 0 Å². The minimum absolute atomic E-state index is 0.0578. The molecule has 1 N–H and O–H groups in total. The van der Waals surface area contributed by atoms with Gasteiger partial charge in [-0.25, -0.2) is 9.18 Å². The molecule has 0 fully saturated rings. The summed E-state index contributed by atoms with van der Waals surface area (Å²) >= 11 is 5.78. The van der Waals surface area contributed by atoms with E-state index in [-0.39, 0.29) is 17.1 Å². The molecule has 0 aliphatic heterocycles. The topological polar surface area (TPSA) is 42.2 Å². The van der Waals surface area contributed by atoms with Gasteiger partial charge in [-0.1, -0.05) is 41.9 Å². The maximum Gasteiger partial charge on any atom is 0.337 e. The van der Waals surface area contributed by atoms with E-state index < -0.39 is 11.8 Å². The Kier molecular flexibility index (Phi) is 3.39. The van der Waals surface area contributed by atoms with Crippen LogP contribution in [0.15, 0.2) is 48.7 Å². The van der Waals surface area contributed by atoms with Crippen LogP contribution in [0, 0.1) is 5.82 Å². The maximum absolute atomic E-state index is 14.0. The van der Waals surface area contributed by atoms with Crippen molar-refractivity contribution in [2.75, 3.05) is 0 Å². The van der Waals surface area contributed by atoms with Gasteiger partial charge in [0.05, 0.1) is 17.1 Å². The van der Waals surface area contributed by atoms with Gasteiger partial charge in [0, 0.05) is 22.7 Å². The summed E-state index contributed by atoms with van der Waals surface area (Å²) in [5.74, 6) is -1.48. The molecule has 5 heteroatoms. The molecule has 0 spiro atoms. The van der Waals surface area contributed by atoms with Gasteiger partial charge < -0.3 is 9.67 Å². The molecule has 0 aliphatic carbocycles. The largest absolute Gasteiger partial charge is 0.478 e. The normalized spacial score (nSPS) is 11.0. The van der Waals surface area contributed by atoms with Gasteiger partial charge >= 0.3 is 5.97 Å². The molecule has 0 saturated heterocycles. The van der Waals surface area contributed by atoms with Crippen LogP contribution in [0.4, 0.5) is 4.39 Å². The number of aromatic carboxylic acids is 1. The van der Waals surface area contributed by atoms with Gasteiger partial charge in [0.15, 0.2) is 0 Å². The zero-order valence-electron chi connectivity index (χ0n) is 10.9. The molecule has 3 rings (SSSR count). The number of rotatable bonds is 3. The quantitative estimate of drug-likeness (QED) is 0.788. The summed E-state index contributed by atoms with van der Waals surface area (Å²) in [4.78, 5) is 11.3. The number of fused-ring (bicyclic) bond motifs is 1. The van der Waals surface area contributed by atoms with Gasteiger partial charge in [-0.3, -0.25) is 0 Å². The Labute approximate surface area is 125 Å². The summed E-state index contributed by atoms with van der Waals surface area (Å²) in [6.07, 6.45) is 1.52. The van der Waals surface area contributed by atoms with Crippen molar-refractivity contribution in [2.45, 2.75) is 6.54 Å². The summed E-state index contributed by atoms with van der Waals surface area (Å²) in [5, 5.41) is 9.94. The van der Waals surface area contributed by atoms with Gasteiger partial charge in [0.2, 0.25) is 0 Å². The fraction of sp³-hybridized carbons (Fsp3) is 0.0625. The Hall–Kier alpha value is -2.33. The third-order valence-electron chi connectivity index (χ3n) is 3.39. The standard InChI is InChI=1S/C16H11ClFNO2/c17-13-6-3-4-10(15(13)18)8-19-9-12(16(20)21)11-5-1-2-7-14(11)19/h1-7,9H,8H2,(H,20,21). The van der Waals surface area contributed by atoms with Crippen molar-refractivity contribution in [2.24, 2.45) is 0 Å². The van der Waals surface area contributed by atoms with Crippen molar-refractivity contribution >= 4 is 28.5 Å². The first-order valence-electron chi connectivity index (χ1n) is 6.32. The van der Waals surface area contributed by atoms with Crippen LogP contribution in [-0.4, -0.2) is 15.6 Å². The fourth-order valence-electron chi connectivity index (χ4n) is 2.40. The number of halogens is 2. The molecule has 0 unspecified atom stereocenters. The van der Waals surface area contributed by atoms with Gasteiger partial charge in [0.1, 0.15) is 5.82 Å². The van der Waals surface area contributed by atoms with E-state index in [1.807, 2.05) is 12.1 Å².